The third kappa shape index (κ3) is 8.86. The van der Waals surface area contributed by atoms with Crippen molar-refractivity contribution in [3.63, 3.8) is 0 Å². The molecule has 62 heavy (non-hydrogen) atoms. The summed E-state index contributed by atoms with van der Waals surface area (Å²) in [5, 5.41) is 5.88. The van der Waals surface area contributed by atoms with Crippen molar-refractivity contribution in [1.82, 2.24) is 20.6 Å². The van der Waals surface area contributed by atoms with Crippen molar-refractivity contribution in [3.8, 4) is 11.5 Å². The lowest BCUT2D eigenvalue weighted by atomic mass is 9.70. The predicted molar refractivity (Wildman–Crippen MR) is 226 cm³/mol. The van der Waals surface area contributed by atoms with Crippen LogP contribution in [0.3, 0.4) is 0 Å². The number of hydrogen-bond donors (Lipinski definition) is 2. The van der Waals surface area contributed by atoms with E-state index in [0.29, 0.717) is 36.7 Å². The Hall–Kier alpha value is -5.94. The maximum atomic E-state index is 16.5. The lowest BCUT2D eigenvalue weighted by molar-refractivity contribution is -0.127. The molecule has 0 saturated heterocycles. The molecule has 10 nitrogen and oxygen atoms in total. The molecule has 0 aliphatic heterocycles. The fourth-order valence-corrected chi connectivity index (χ4v) is 9.02. The van der Waals surface area contributed by atoms with Crippen molar-refractivity contribution >= 4 is 89.9 Å². The minimum absolute atomic E-state index is 0.0294. The largest absolute Gasteiger partial charge is 0.483 e. The normalized spacial score (nSPS) is 15.2. The number of rotatable bonds is 12. The summed E-state index contributed by atoms with van der Waals surface area (Å²) < 4.78 is 75.7. The Morgan fingerprint density at radius 3 is 1.94 bits per heavy atom. The van der Waals surface area contributed by atoms with Crippen molar-refractivity contribution < 1.29 is 46.2 Å². The molecule has 2 heterocycles. The standard InChI is InChI=1S/C44H30Cl2F4N4O6S2/c1-20(21-5-3-2-4-6-21)41(55)53-44(58)37-28(48)17-26(40(39(37)50)60-19-35-52-30-16-25(46)8-12-33(30)62-35)22-13-23(14-22)42(56)54-43(57)36-27(47)9-10-31(38(36)49)59-18-34-51-29-15-24(45)7-11-32(29)61-34/h2-12,15-17,20,22-23H,13-14,18-19H2,1H3,(H,53,55,58)(H,54,56,57). The Balaban J connectivity index is 0.978. The highest BCUT2D eigenvalue weighted by Gasteiger charge is 2.40. The Labute approximate surface area is 367 Å². The lowest BCUT2D eigenvalue weighted by Gasteiger charge is -2.35. The van der Waals surface area contributed by atoms with E-state index < -0.39 is 87.3 Å². The summed E-state index contributed by atoms with van der Waals surface area (Å²) in [6.07, 6.45) is -0.123. The maximum Gasteiger partial charge on any atom is 0.263 e. The van der Waals surface area contributed by atoms with E-state index in [0.717, 1.165) is 27.6 Å². The van der Waals surface area contributed by atoms with E-state index in [1.807, 2.05) is 5.32 Å². The van der Waals surface area contributed by atoms with Crippen LogP contribution in [-0.4, -0.2) is 33.6 Å². The molecule has 0 spiro atoms. The average molecular weight is 922 g/mol. The van der Waals surface area contributed by atoms with Gasteiger partial charge >= 0.3 is 0 Å². The van der Waals surface area contributed by atoms with Gasteiger partial charge in [0.25, 0.3) is 11.8 Å². The second-order valence-electron chi connectivity index (χ2n) is 14.4. The minimum Gasteiger partial charge on any atom is -0.483 e. The van der Waals surface area contributed by atoms with E-state index in [9.17, 15) is 23.6 Å². The van der Waals surface area contributed by atoms with Crippen LogP contribution in [0.1, 0.15) is 73.5 Å². The van der Waals surface area contributed by atoms with Gasteiger partial charge in [-0.15, -0.1) is 22.7 Å². The van der Waals surface area contributed by atoms with Crippen LogP contribution in [0.5, 0.6) is 11.5 Å². The van der Waals surface area contributed by atoms with E-state index in [4.69, 9.17) is 32.7 Å². The van der Waals surface area contributed by atoms with E-state index in [1.54, 1.807) is 66.7 Å². The van der Waals surface area contributed by atoms with Crippen molar-refractivity contribution in [2.45, 2.75) is 44.8 Å². The summed E-state index contributed by atoms with van der Waals surface area (Å²) in [7, 11) is 0. The number of fused-ring (bicyclic) bond motifs is 2. The number of thiazole rings is 2. The molecule has 2 N–H and O–H groups in total. The second-order valence-corrected chi connectivity index (χ2v) is 17.5. The number of hydrogen-bond acceptors (Lipinski definition) is 10. The van der Waals surface area contributed by atoms with E-state index >= 15 is 13.2 Å². The number of nitrogens with zero attached hydrogens (tertiary/aromatic N) is 2. The van der Waals surface area contributed by atoms with Gasteiger partial charge in [-0.05, 0) is 85.8 Å². The van der Waals surface area contributed by atoms with Gasteiger partial charge < -0.3 is 9.47 Å². The summed E-state index contributed by atoms with van der Waals surface area (Å²) >= 11 is 14.6. The van der Waals surface area contributed by atoms with Gasteiger partial charge in [0, 0.05) is 21.5 Å². The second kappa shape index (κ2) is 17.8. The van der Waals surface area contributed by atoms with E-state index in [-0.39, 0.29) is 31.6 Å². The first-order valence-corrected chi connectivity index (χ1v) is 21.2. The molecule has 0 bridgehead atoms. The van der Waals surface area contributed by atoms with Crippen molar-refractivity contribution in [3.05, 3.63) is 151 Å². The number of ether oxygens (including phenoxy) is 2. The molecular formula is C44H30Cl2F4N4O6S2. The van der Waals surface area contributed by atoms with Crippen molar-refractivity contribution in [2.24, 2.45) is 5.92 Å². The molecule has 1 unspecified atom stereocenters. The molecule has 2 aromatic heterocycles. The van der Waals surface area contributed by atoms with E-state index in [2.05, 4.69) is 15.3 Å². The van der Waals surface area contributed by atoms with Crippen LogP contribution in [0.15, 0.2) is 84.9 Å². The number of carbonyl (C=O) groups excluding carboxylic acids is 4. The van der Waals surface area contributed by atoms with Gasteiger partial charge in [-0.1, -0.05) is 53.5 Å². The molecule has 1 fully saturated rings. The number of halogens is 6. The Morgan fingerprint density at radius 1 is 0.726 bits per heavy atom. The molecule has 5 aromatic carbocycles. The van der Waals surface area contributed by atoms with Gasteiger partial charge in [0.2, 0.25) is 11.8 Å². The minimum atomic E-state index is -1.38. The van der Waals surface area contributed by atoms with Crippen molar-refractivity contribution in [2.75, 3.05) is 0 Å². The molecule has 18 heteroatoms. The zero-order chi connectivity index (χ0) is 43.8. The predicted octanol–water partition coefficient (Wildman–Crippen LogP) is 10.4. The number of nitrogens with one attached hydrogen (secondary N) is 2. The first-order chi connectivity index (χ1) is 29.7. The van der Waals surface area contributed by atoms with Gasteiger partial charge in [0.05, 0.1) is 26.4 Å². The maximum absolute atomic E-state index is 16.5. The molecule has 4 amide bonds. The molecule has 1 saturated carbocycles. The van der Waals surface area contributed by atoms with Crippen LogP contribution in [0.2, 0.25) is 10.0 Å². The van der Waals surface area contributed by atoms with Crippen LogP contribution in [0, 0.1) is 29.2 Å². The Bertz CT molecular complexity index is 2930. The number of amides is 4. The third-order valence-electron chi connectivity index (χ3n) is 10.3. The number of benzene rings is 5. The highest BCUT2D eigenvalue weighted by Crippen LogP contribution is 2.47. The van der Waals surface area contributed by atoms with Crippen LogP contribution >= 0.6 is 45.9 Å². The molecule has 1 aliphatic carbocycles. The zero-order valence-electron chi connectivity index (χ0n) is 32.1. The van der Waals surface area contributed by atoms with Gasteiger partial charge in [-0.3, -0.25) is 29.8 Å². The monoisotopic (exact) mass is 920 g/mol. The molecule has 0 radical (unpaired) electrons. The van der Waals surface area contributed by atoms with Gasteiger partial charge in [0.1, 0.15) is 46.0 Å². The van der Waals surface area contributed by atoms with E-state index in [1.165, 1.54) is 29.6 Å². The highest BCUT2D eigenvalue weighted by atomic mass is 35.5. The van der Waals surface area contributed by atoms with Crippen molar-refractivity contribution in [1.29, 1.82) is 0 Å². The zero-order valence-corrected chi connectivity index (χ0v) is 35.2. The summed E-state index contributed by atoms with van der Waals surface area (Å²) in [4.78, 5) is 61.5. The molecule has 1 atom stereocenters. The van der Waals surface area contributed by atoms with Gasteiger partial charge in [-0.25, -0.2) is 27.5 Å². The molecule has 8 rings (SSSR count). The molecule has 7 aromatic rings. The quantitative estimate of drug-likeness (QED) is 0.0913. The number of imide groups is 2. The fraction of sp³-hybridized carbons (Fsp3) is 0.182. The Morgan fingerprint density at radius 2 is 1.31 bits per heavy atom. The number of carbonyl (C=O) groups is 4. The summed E-state index contributed by atoms with van der Waals surface area (Å²) in [6, 6.07) is 21.4. The first-order valence-electron chi connectivity index (χ1n) is 18.8. The Kier molecular flexibility index (Phi) is 12.3. The lowest BCUT2D eigenvalue weighted by Crippen LogP contribution is -2.41. The molecule has 316 valence electrons. The molecular weight excluding hydrogens is 892 g/mol. The SMILES string of the molecule is CC(C(=O)NC(=O)c1c(F)cc(C2CC(C(=O)NC(=O)c3c(F)ccc(OCc4nc5cc(Cl)ccc5s4)c3F)C2)c(OCc2nc3cc(Cl)ccc3s2)c1F)c1ccccc1. The average Bonchev–Trinajstić information content (AvgIpc) is 3.82. The van der Waals surface area contributed by atoms with Crippen LogP contribution in [-0.2, 0) is 22.8 Å². The topological polar surface area (TPSA) is 137 Å². The third-order valence-corrected chi connectivity index (χ3v) is 12.8. The van der Waals surface area contributed by atoms with Crippen LogP contribution in [0.4, 0.5) is 17.6 Å². The molecule has 1 aliphatic rings. The van der Waals surface area contributed by atoms with Gasteiger partial charge in [-0.2, -0.15) is 0 Å². The van der Waals surface area contributed by atoms with Crippen LogP contribution < -0.4 is 20.1 Å². The van der Waals surface area contributed by atoms with Crippen LogP contribution in [0.25, 0.3) is 20.4 Å². The first kappa shape index (κ1) is 42.7. The summed E-state index contributed by atoms with van der Waals surface area (Å²) in [6.45, 7) is 1.02. The smallest absolute Gasteiger partial charge is 0.263 e. The highest BCUT2D eigenvalue weighted by molar-refractivity contribution is 7.18. The number of aromatic nitrogens is 2. The fourth-order valence-electron chi connectivity index (χ4n) is 6.96. The summed E-state index contributed by atoms with van der Waals surface area (Å²) in [5.74, 6) is -13.1. The summed E-state index contributed by atoms with van der Waals surface area (Å²) in [5.41, 5.74) is -0.407. The van der Waals surface area contributed by atoms with Gasteiger partial charge in [0.15, 0.2) is 23.1 Å².